The Morgan fingerprint density at radius 2 is 2.20 bits per heavy atom. The molecule has 0 radical (unpaired) electrons. The van der Waals surface area contributed by atoms with Crippen molar-refractivity contribution in [2.45, 2.75) is 24.5 Å². The van der Waals surface area contributed by atoms with Crippen molar-refractivity contribution in [3.63, 3.8) is 0 Å². The lowest BCUT2D eigenvalue weighted by Gasteiger charge is -2.00. The minimum Gasteiger partial charge on any atom is -0.464 e. The van der Waals surface area contributed by atoms with Gasteiger partial charge < -0.3 is 9.73 Å². The monoisotopic (exact) mass is 302 g/mol. The Hall–Kier alpha value is -1.41. The van der Waals surface area contributed by atoms with Crippen LogP contribution in [0.1, 0.15) is 17.3 Å². The first-order chi connectivity index (χ1) is 9.63. The molecular weight excluding hydrogens is 286 g/mol. The molecule has 0 saturated heterocycles. The van der Waals surface area contributed by atoms with Gasteiger partial charge >= 0.3 is 0 Å². The largest absolute Gasteiger partial charge is 0.464 e. The number of rotatable bonds is 8. The SMILES string of the molecule is Cn1cnc(CCNCc2ccc(CSC(F)F)o2)n1. The van der Waals surface area contributed by atoms with Crippen LogP contribution in [0.5, 0.6) is 0 Å². The summed E-state index contributed by atoms with van der Waals surface area (Å²) in [5.41, 5.74) is 0. The summed E-state index contributed by atoms with van der Waals surface area (Å²) in [4.78, 5) is 4.12. The second kappa shape index (κ2) is 7.39. The van der Waals surface area contributed by atoms with Crippen LogP contribution in [0.2, 0.25) is 0 Å². The molecule has 0 aromatic carbocycles. The minimum atomic E-state index is -2.37. The highest BCUT2D eigenvalue weighted by Crippen LogP contribution is 2.21. The van der Waals surface area contributed by atoms with Crippen molar-refractivity contribution in [3.05, 3.63) is 35.8 Å². The smallest absolute Gasteiger partial charge is 0.284 e. The van der Waals surface area contributed by atoms with E-state index in [2.05, 4.69) is 15.4 Å². The normalized spacial score (nSPS) is 11.4. The van der Waals surface area contributed by atoms with E-state index in [1.54, 1.807) is 23.1 Å². The Bertz CT molecular complexity index is 529. The van der Waals surface area contributed by atoms with E-state index in [0.29, 0.717) is 24.1 Å². The van der Waals surface area contributed by atoms with E-state index in [1.165, 1.54) is 0 Å². The van der Waals surface area contributed by atoms with Crippen molar-refractivity contribution in [2.75, 3.05) is 6.54 Å². The van der Waals surface area contributed by atoms with Gasteiger partial charge in [0.2, 0.25) is 0 Å². The first-order valence-corrected chi connectivity index (χ1v) is 7.21. The number of furan rings is 1. The molecule has 2 aromatic heterocycles. The second-order valence-corrected chi connectivity index (χ2v) is 5.18. The van der Waals surface area contributed by atoms with E-state index in [9.17, 15) is 8.78 Å². The molecule has 0 atom stereocenters. The van der Waals surface area contributed by atoms with Crippen molar-refractivity contribution < 1.29 is 13.2 Å². The molecule has 0 spiro atoms. The zero-order chi connectivity index (χ0) is 14.4. The van der Waals surface area contributed by atoms with Gasteiger partial charge in [-0.3, -0.25) is 4.68 Å². The van der Waals surface area contributed by atoms with Crippen molar-refractivity contribution in [1.82, 2.24) is 20.1 Å². The summed E-state index contributed by atoms with van der Waals surface area (Å²) in [6, 6.07) is 3.53. The topological polar surface area (TPSA) is 55.9 Å². The van der Waals surface area contributed by atoms with Gasteiger partial charge in [-0.15, -0.1) is 0 Å². The zero-order valence-electron chi connectivity index (χ0n) is 11.1. The lowest BCUT2D eigenvalue weighted by molar-refractivity contribution is 0.251. The molecule has 5 nitrogen and oxygen atoms in total. The number of nitrogens with zero attached hydrogens (tertiary/aromatic N) is 3. The molecular formula is C12H16F2N4OS. The third kappa shape index (κ3) is 4.93. The van der Waals surface area contributed by atoms with Crippen LogP contribution in [0.3, 0.4) is 0 Å². The lowest BCUT2D eigenvalue weighted by atomic mass is 10.4. The predicted octanol–water partition coefficient (Wildman–Crippen LogP) is 2.20. The predicted molar refractivity (Wildman–Crippen MR) is 72.4 cm³/mol. The molecule has 2 rings (SSSR count). The fourth-order valence-corrected chi connectivity index (χ4v) is 2.10. The molecule has 20 heavy (non-hydrogen) atoms. The minimum absolute atomic E-state index is 0.190. The van der Waals surface area contributed by atoms with E-state index in [0.717, 1.165) is 24.6 Å². The van der Waals surface area contributed by atoms with Crippen LogP contribution in [0.4, 0.5) is 8.78 Å². The molecule has 110 valence electrons. The highest BCUT2D eigenvalue weighted by Gasteiger charge is 2.07. The molecule has 8 heteroatoms. The van der Waals surface area contributed by atoms with Gasteiger partial charge in [-0.25, -0.2) is 4.98 Å². The quantitative estimate of drug-likeness (QED) is 0.758. The van der Waals surface area contributed by atoms with Gasteiger partial charge in [0, 0.05) is 20.0 Å². The maximum atomic E-state index is 12.0. The van der Waals surface area contributed by atoms with Crippen LogP contribution in [0.15, 0.2) is 22.9 Å². The van der Waals surface area contributed by atoms with E-state index >= 15 is 0 Å². The molecule has 0 amide bonds. The average Bonchev–Trinajstić information content (AvgIpc) is 3.01. The first kappa shape index (κ1) is 15.0. The van der Waals surface area contributed by atoms with E-state index in [1.807, 2.05) is 7.05 Å². The van der Waals surface area contributed by atoms with Gasteiger partial charge in [-0.1, -0.05) is 11.8 Å². The highest BCUT2D eigenvalue weighted by atomic mass is 32.2. The lowest BCUT2D eigenvalue weighted by Crippen LogP contribution is -2.16. The van der Waals surface area contributed by atoms with Gasteiger partial charge in [0.1, 0.15) is 17.8 Å². The highest BCUT2D eigenvalue weighted by molar-refractivity contribution is 7.98. The molecule has 1 N–H and O–H groups in total. The van der Waals surface area contributed by atoms with E-state index < -0.39 is 5.76 Å². The number of nitrogens with one attached hydrogen (secondary N) is 1. The van der Waals surface area contributed by atoms with Gasteiger partial charge in [-0.05, 0) is 12.1 Å². The fraction of sp³-hybridized carbons (Fsp3) is 0.500. The number of halogens is 2. The first-order valence-electron chi connectivity index (χ1n) is 6.16. The van der Waals surface area contributed by atoms with Crippen LogP contribution in [-0.2, 0) is 25.8 Å². The van der Waals surface area contributed by atoms with Crippen LogP contribution < -0.4 is 5.32 Å². The molecule has 0 saturated carbocycles. The Balaban J connectivity index is 1.66. The van der Waals surface area contributed by atoms with Crippen LogP contribution in [0, 0.1) is 0 Å². The second-order valence-electron chi connectivity index (χ2n) is 4.20. The van der Waals surface area contributed by atoms with Gasteiger partial charge in [0.05, 0.1) is 12.3 Å². The number of aryl methyl sites for hydroxylation is 1. The Labute approximate surface area is 119 Å². The van der Waals surface area contributed by atoms with Crippen molar-refractivity contribution in [1.29, 1.82) is 0 Å². The third-order valence-corrected chi connectivity index (χ3v) is 3.24. The van der Waals surface area contributed by atoms with Crippen molar-refractivity contribution in [2.24, 2.45) is 7.05 Å². The van der Waals surface area contributed by atoms with Crippen LogP contribution >= 0.6 is 11.8 Å². The number of hydrogen-bond acceptors (Lipinski definition) is 5. The fourth-order valence-electron chi connectivity index (χ4n) is 1.65. The molecule has 0 aliphatic heterocycles. The number of hydrogen-bond donors (Lipinski definition) is 1. The van der Waals surface area contributed by atoms with Gasteiger partial charge in [0.15, 0.2) is 5.82 Å². The molecule has 0 bridgehead atoms. The summed E-state index contributed by atoms with van der Waals surface area (Å²) in [6.07, 6.45) is 2.39. The van der Waals surface area contributed by atoms with Gasteiger partial charge in [-0.2, -0.15) is 13.9 Å². The zero-order valence-corrected chi connectivity index (χ0v) is 11.9. The molecule has 2 heterocycles. The van der Waals surface area contributed by atoms with E-state index in [-0.39, 0.29) is 5.75 Å². The standard InChI is InChI=1S/C12H16F2N4OS/c1-18-8-16-11(17-18)4-5-15-6-9-2-3-10(19-9)7-20-12(13)14/h2-3,8,12,15H,4-7H2,1H3. The molecule has 0 aliphatic rings. The van der Waals surface area contributed by atoms with Gasteiger partial charge in [0.25, 0.3) is 5.76 Å². The van der Waals surface area contributed by atoms with Crippen molar-refractivity contribution >= 4 is 11.8 Å². The number of aromatic nitrogens is 3. The van der Waals surface area contributed by atoms with E-state index in [4.69, 9.17) is 4.42 Å². The Kier molecular flexibility index (Phi) is 5.54. The Morgan fingerprint density at radius 3 is 2.90 bits per heavy atom. The Morgan fingerprint density at radius 1 is 1.40 bits per heavy atom. The summed E-state index contributed by atoms with van der Waals surface area (Å²) >= 11 is 0.559. The molecule has 0 aliphatic carbocycles. The molecule has 0 fully saturated rings. The van der Waals surface area contributed by atoms with Crippen LogP contribution in [-0.4, -0.2) is 27.1 Å². The molecule has 0 unspecified atom stereocenters. The summed E-state index contributed by atoms with van der Waals surface area (Å²) in [6.45, 7) is 1.29. The average molecular weight is 302 g/mol. The summed E-state index contributed by atoms with van der Waals surface area (Å²) in [7, 11) is 1.83. The third-order valence-electron chi connectivity index (χ3n) is 2.54. The number of thioether (sulfide) groups is 1. The maximum Gasteiger partial charge on any atom is 0.284 e. The summed E-state index contributed by atoms with van der Waals surface area (Å²) in [5, 5.41) is 7.37. The number of alkyl halides is 2. The maximum absolute atomic E-state index is 12.0. The summed E-state index contributed by atoms with van der Waals surface area (Å²) in [5.74, 6) is -0.0847. The van der Waals surface area contributed by atoms with Crippen LogP contribution in [0.25, 0.3) is 0 Å². The van der Waals surface area contributed by atoms with Crippen molar-refractivity contribution in [3.8, 4) is 0 Å². The molecule has 2 aromatic rings. The summed E-state index contributed by atoms with van der Waals surface area (Å²) < 4.78 is 31.2.